The maximum absolute atomic E-state index is 13.7. The Balaban J connectivity index is 1.93. The summed E-state index contributed by atoms with van der Waals surface area (Å²) in [4.78, 5) is 12.4. The van der Waals surface area contributed by atoms with E-state index in [0.717, 1.165) is 30.6 Å². The van der Waals surface area contributed by atoms with Gasteiger partial charge in [0, 0.05) is 29.8 Å². The van der Waals surface area contributed by atoms with Crippen LogP contribution in [0.1, 0.15) is 27.9 Å². The normalized spacial score (nSPS) is 13.4. The van der Waals surface area contributed by atoms with Crippen molar-refractivity contribution in [2.75, 3.05) is 11.9 Å². The summed E-state index contributed by atoms with van der Waals surface area (Å²) in [7, 11) is 0. The molecule has 0 aliphatic carbocycles. The molecule has 0 saturated heterocycles. The van der Waals surface area contributed by atoms with Crippen molar-refractivity contribution >= 4 is 11.5 Å². The summed E-state index contributed by atoms with van der Waals surface area (Å²) in [5.74, 6) is -1.60. The third kappa shape index (κ3) is 2.66. The van der Waals surface area contributed by atoms with Crippen LogP contribution in [0.2, 0.25) is 0 Å². The van der Waals surface area contributed by atoms with Crippen molar-refractivity contribution < 1.29 is 13.6 Å². The zero-order valence-electron chi connectivity index (χ0n) is 11.5. The molecule has 3 rings (SSSR count). The van der Waals surface area contributed by atoms with E-state index in [1.165, 1.54) is 18.2 Å². The van der Waals surface area contributed by atoms with Crippen LogP contribution in [-0.2, 0) is 12.8 Å². The van der Waals surface area contributed by atoms with Crippen LogP contribution < -0.4 is 5.32 Å². The topological polar surface area (TPSA) is 29.1 Å². The molecule has 1 aliphatic heterocycles. The number of nitrogens with one attached hydrogen (secondary N) is 1. The van der Waals surface area contributed by atoms with Crippen molar-refractivity contribution in [1.29, 1.82) is 0 Å². The quantitative estimate of drug-likeness (QED) is 0.871. The Morgan fingerprint density at radius 1 is 1.10 bits per heavy atom. The molecule has 0 saturated carbocycles. The summed E-state index contributed by atoms with van der Waals surface area (Å²) >= 11 is 0. The van der Waals surface area contributed by atoms with Crippen LogP contribution in [0.15, 0.2) is 36.4 Å². The zero-order valence-corrected chi connectivity index (χ0v) is 11.5. The standard InChI is InChI=1S/C17H15F2NO/c18-14-6-2-7-15(19)13(14)10-17(21)12-4-1-8-16-11(12)5-3-9-20-16/h1-2,4,6-8,20H,3,5,9-10H2. The van der Waals surface area contributed by atoms with Gasteiger partial charge in [0.25, 0.3) is 0 Å². The minimum Gasteiger partial charge on any atom is -0.385 e. The molecule has 0 bridgehead atoms. The van der Waals surface area contributed by atoms with E-state index in [9.17, 15) is 13.6 Å². The van der Waals surface area contributed by atoms with Gasteiger partial charge in [0.15, 0.2) is 5.78 Å². The number of hydrogen-bond acceptors (Lipinski definition) is 2. The first-order chi connectivity index (χ1) is 10.2. The molecule has 2 aromatic rings. The molecule has 108 valence electrons. The largest absolute Gasteiger partial charge is 0.385 e. The second kappa shape index (κ2) is 5.64. The second-order valence-corrected chi connectivity index (χ2v) is 5.16. The zero-order chi connectivity index (χ0) is 14.8. The van der Waals surface area contributed by atoms with Crippen LogP contribution in [0, 0.1) is 11.6 Å². The summed E-state index contributed by atoms with van der Waals surface area (Å²) in [6.45, 7) is 0.882. The lowest BCUT2D eigenvalue weighted by Gasteiger charge is -2.20. The van der Waals surface area contributed by atoms with Gasteiger partial charge >= 0.3 is 0 Å². The van der Waals surface area contributed by atoms with Crippen LogP contribution in [0.4, 0.5) is 14.5 Å². The van der Waals surface area contributed by atoms with Crippen molar-refractivity contribution in [2.45, 2.75) is 19.3 Å². The highest BCUT2D eigenvalue weighted by molar-refractivity contribution is 6.00. The third-order valence-corrected chi connectivity index (χ3v) is 3.79. The number of hydrogen-bond donors (Lipinski definition) is 1. The molecular weight excluding hydrogens is 272 g/mol. The molecule has 0 spiro atoms. The highest BCUT2D eigenvalue weighted by Crippen LogP contribution is 2.26. The summed E-state index contributed by atoms with van der Waals surface area (Å²) in [5.41, 5.74) is 2.29. The summed E-state index contributed by atoms with van der Waals surface area (Å²) < 4.78 is 27.3. The molecule has 0 unspecified atom stereocenters. The van der Waals surface area contributed by atoms with E-state index < -0.39 is 11.6 Å². The Hall–Kier alpha value is -2.23. The predicted octanol–water partition coefficient (Wildman–Crippen LogP) is 3.75. The van der Waals surface area contributed by atoms with Gasteiger partial charge in [-0.2, -0.15) is 0 Å². The number of benzene rings is 2. The number of carbonyl (C=O) groups is 1. The van der Waals surface area contributed by atoms with Gasteiger partial charge in [-0.15, -0.1) is 0 Å². The van der Waals surface area contributed by atoms with Gasteiger partial charge in [-0.05, 0) is 36.6 Å². The number of fused-ring (bicyclic) bond motifs is 1. The van der Waals surface area contributed by atoms with Gasteiger partial charge in [0.1, 0.15) is 11.6 Å². The van der Waals surface area contributed by atoms with Crippen LogP contribution >= 0.6 is 0 Å². The van der Waals surface area contributed by atoms with Gasteiger partial charge < -0.3 is 5.32 Å². The molecule has 2 nitrogen and oxygen atoms in total. The SMILES string of the molecule is O=C(Cc1c(F)cccc1F)c1cccc2c1CCCN2. The number of halogens is 2. The van der Waals surface area contributed by atoms with Crippen molar-refractivity contribution in [3.05, 3.63) is 64.7 Å². The Kier molecular flexibility index (Phi) is 3.69. The van der Waals surface area contributed by atoms with Crippen LogP contribution in [0.3, 0.4) is 0 Å². The van der Waals surface area contributed by atoms with E-state index in [1.54, 1.807) is 12.1 Å². The number of carbonyl (C=O) groups excluding carboxylic acids is 1. The summed E-state index contributed by atoms with van der Waals surface area (Å²) in [5, 5.41) is 3.24. The highest BCUT2D eigenvalue weighted by Gasteiger charge is 2.20. The Bertz CT molecular complexity index is 677. The van der Waals surface area contributed by atoms with Crippen LogP contribution in [0.5, 0.6) is 0 Å². The Labute approximate surface area is 121 Å². The Morgan fingerprint density at radius 3 is 2.57 bits per heavy atom. The average Bonchev–Trinajstić information content (AvgIpc) is 2.50. The fraction of sp³-hybridized carbons (Fsp3) is 0.235. The maximum Gasteiger partial charge on any atom is 0.167 e. The monoisotopic (exact) mass is 287 g/mol. The molecule has 21 heavy (non-hydrogen) atoms. The first kappa shape index (κ1) is 13.7. The second-order valence-electron chi connectivity index (χ2n) is 5.16. The van der Waals surface area contributed by atoms with Crippen molar-refractivity contribution in [3.63, 3.8) is 0 Å². The first-order valence-corrected chi connectivity index (χ1v) is 6.98. The maximum atomic E-state index is 13.7. The molecule has 0 aromatic heterocycles. The number of Topliss-reactive ketones (excluding diaryl/α,β-unsaturated/α-hetero) is 1. The third-order valence-electron chi connectivity index (χ3n) is 3.79. The highest BCUT2D eigenvalue weighted by atomic mass is 19.1. The van der Waals surface area contributed by atoms with Gasteiger partial charge in [-0.25, -0.2) is 8.78 Å². The van der Waals surface area contributed by atoms with Crippen molar-refractivity contribution in [1.82, 2.24) is 0 Å². The van der Waals surface area contributed by atoms with E-state index >= 15 is 0 Å². The molecule has 0 amide bonds. The lowest BCUT2D eigenvalue weighted by atomic mass is 9.92. The molecule has 1 heterocycles. The fourth-order valence-electron chi connectivity index (χ4n) is 2.73. The molecule has 0 fully saturated rings. The van der Waals surface area contributed by atoms with Gasteiger partial charge in [-0.1, -0.05) is 18.2 Å². The minimum atomic E-state index is -0.675. The molecular formula is C17H15F2NO. The van der Waals surface area contributed by atoms with Gasteiger partial charge in [0.2, 0.25) is 0 Å². The van der Waals surface area contributed by atoms with Gasteiger partial charge in [0.05, 0.1) is 0 Å². The first-order valence-electron chi connectivity index (χ1n) is 6.98. The lowest BCUT2D eigenvalue weighted by Crippen LogP contribution is -2.17. The average molecular weight is 287 g/mol. The predicted molar refractivity (Wildman–Crippen MR) is 77.6 cm³/mol. The van der Waals surface area contributed by atoms with E-state index in [4.69, 9.17) is 0 Å². The molecule has 2 aromatic carbocycles. The smallest absolute Gasteiger partial charge is 0.167 e. The van der Waals surface area contributed by atoms with E-state index in [1.807, 2.05) is 6.07 Å². The van der Waals surface area contributed by atoms with Gasteiger partial charge in [-0.3, -0.25) is 4.79 Å². The number of rotatable bonds is 3. The fourth-order valence-corrected chi connectivity index (χ4v) is 2.73. The van der Waals surface area contributed by atoms with Crippen molar-refractivity contribution in [2.24, 2.45) is 0 Å². The Morgan fingerprint density at radius 2 is 1.81 bits per heavy atom. The molecule has 1 aliphatic rings. The summed E-state index contributed by atoms with van der Waals surface area (Å²) in [6, 6.07) is 9.10. The van der Waals surface area contributed by atoms with Crippen LogP contribution in [-0.4, -0.2) is 12.3 Å². The van der Waals surface area contributed by atoms with Crippen molar-refractivity contribution in [3.8, 4) is 0 Å². The van der Waals surface area contributed by atoms with E-state index in [0.29, 0.717) is 5.56 Å². The lowest BCUT2D eigenvalue weighted by molar-refractivity contribution is 0.0989. The molecule has 1 N–H and O–H groups in total. The minimum absolute atomic E-state index is 0.163. The summed E-state index contributed by atoms with van der Waals surface area (Å²) in [6.07, 6.45) is 1.50. The number of anilines is 1. The van der Waals surface area contributed by atoms with Crippen LogP contribution in [0.25, 0.3) is 0 Å². The van der Waals surface area contributed by atoms with E-state index in [-0.39, 0.29) is 17.8 Å². The molecule has 4 heteroatoms. The number of ketones is 1. The molecule has 0 radical (unpaired) electrons. The molecule has 0 atom stereocenters. The van der Waals surface area contributed by atoms with E-state index in [2.05, 4.69) is 5.32 Å².